The van der Waals surface area contributed by atoms with E-state index in [-0.39, 0.29) is 5.91 Å². The highest BCUT2D eigenvalue weighted by molar-refractivity contribution is 5.84. The zero-order chi connectivity index (χ0) is 19.3. The van der Waals surface area contributed by atoms with Gasteiger partial charge in [0.1, 0.15) is 0 Å². The highest BCUT2D eigenvalue weighted by Gasteiger charge is 2.08. The van der Waals surface area contributed by atoms with Crippen molar-refractivity contribution in [2.45, 2.75) is 13.0 Å². The molecular formula is C24H25N3O. The third-order valence-electron chi connectivity index (χ3n) is 5.07. The molecule has 1 aromatic heterocycles. The van der Waals surface area contributed by atoms with Crippen LogP contribution in [0.3, 0.4) is 0 Å². The number of amides is 1. The molecule has 28 heavy (non-hydrogen) atoms. The molecule has 1 amide bonds. The number of hydrogen-bond donors (Lipinski definition) is 2. The van der Waals surface area contributed by atoms with Crippen LogP contribution in [-0.2, 0) is 17.8 Å². The van der Waals surface area contributed by atoms with Crippen molar-refractivity contribution in [1.29, 1.82) is 0 Å². The standard InChI is InChI=1S/C24H25N3O/c1-27(16-18-10-11-19-6-2-3-7-20(19)14-18)17-24(28)25-13-12-21-15-26-23-9-5-4-8-22(21)23/h2-11,14-15,26H,12-13,16-17H2,1H3,(H,25,28). The fraction of sp³-hybridized carbons (Fsp3) is 0.208. The Balaban J connectivity index is 1.27. The van der Waals surface area contributed by atoms with Crippen molar-refractivity contribution in [2.75, 3.05) is 20.1 Å². The van der Waals surface area contributed by atoms with Gasteiger partial charge in [-0.1, -0.05) is 54.6 Å². The van der Waals surface area contributed by atoms with E-state index in [0.29, 0.717) is 13.1 Å². The SMILES string of the molecule is CN(CC(=O)NCCc1c[nH]c2ccccc12)Cc1ccc2ccccc2c1. The highest BCUT2D eigenvalue weighted by Crippen LogP contribution is 2.18. The number of rotatable bonds is 7. The molecule has 4 nitrogen and oxygen atoms in total. The molecule has 0 saturated heterocycles. The molecule has 0 fully saturated rings. The number of aromatic nitrogens is 1. The fourth-order valence-corrected chi connectivity index (χ4v) is 3.68. The molecule has 0 saturated carbocycles. The van der Waals surface area contributed by atoms with Gasteiger partial charge in [-0.3, -0.25) is 9.69 Å². The van der Waals surface area contributed by atoms with Gasteiger partial charge in [0.15, 0.2) is 0 Å². The largest absolute Gasteiger partial charge is 0.361 e. The lowest BCUT2D eigenvalue weighted by atomic mass is 10.1. The minimum atomic E-state index is 0.0585. The summed E-state index contributed by atoms with van der Waals surface area (Å²) in [5.74, 6) is 0.0585. The number of benzene rings is 3. The van der Waals surface area contributed by atoms with E-state index < -0.39 is 0 Å². The van der Waals surface area contributed by atoms with Gasteiger partial charge in [0, 0.05) is 30.2 Å². The molecule has 4 rings (SSSR count). The van der Waals surface area contributed by atoms with Crippen LogP contribution in [0.1, 0.15) is 11.1 Å². The molecule has 0 radical (unpaired) electrons. The number of fused-ring (bicyclic) bond motifs is 2. The van der Waals surface area contributed by atoms with Gasteiger partial charge in [-0.2, -0.15) is 0 Å². The summed E-state index contributed by atoms with van der Waals surface area (Å²) in [5, 5.41) is 6.74. The Labute approximate surface area is 165 Å². The molecule has 0 aliphatic heterocycles. The Morgan fingerprint density at radius 2 is 1.79 bits per heavy atom. The van der Waals surface area contributed by atoms with Gasteiger partial charge in [0.25, 0.3) is 0 Å². The van der Waals surface area contributed by atoms with Gasteiger partial charge in [-0.15, -0.1) is 0 Å². The summed E-state index contributed by atoms with van der Waals surface area (Å²) >= 11 is 0. The van der Waals surface area contributed by atoms with Gasteiger partial charge >= 0.3 is 0 Å². The monoisotopic (exact) mass is 371 g/mol. The van der Waals surface area contributed by atoms with E-state index in [2.05, 4.69) is 64.9 Å². The van der Waals surface area contributed by atoms with Gasteiger partial charge in [0.2, 0.25) is 5.91 Å². The van der Waals surface area contributed by atoms with Crippen LogP contribution in [0.25, 0.3) is 21.7 Å². The smallest absolute Gasteiger partial charge is 0.234 e. The Hall–Kier alpha value is -3.11. The van der Waals surface area contributed by atoms with Gasteiger partial charge in [-0.25, -0.2) is 0 Å². The van der Waals surface area contributed by atoms with Crippen molar-refractivity contribution >= 4 is 27.6 Å². The summed E-state index contributed by atoms with van der Waals surface area (Å²) in [6, 6.07) is 23.1. The van der Waals surface area contributed by atoms with E-state index in [1.807, 2.05) is 30.3 Å². The molecule has 2 N–H and O–H groups in total. The van der Waals surface area contributed by atoms with Crippen LogP contribution in [0.15, 0.2) is 72.9 Å². The first kappa shape index (κ1) is 18.3. The Morgan fingerprint density at radius 3 is 2.68 bits per heavy atom. The van der Waals surface area contributed by atoms with Crippen molar-refractivity contribution in [3.63, 3.8) is 0 Å². The lowest BCUT2D eigenvalue weighted by molar-refractivity contribution is -0.122. The van der Waals surface area contributed by atoms with Crippen LogP contribution in [0.5, 0.6) is 0 Å². The summed E-state index contributed by atoms with van der Waals surface area (Å²) in [5.41, 5.74) is 3.59. The summed E-state index contributed by atoms with van der Waals surface area (Å²) in [7, 11) is 1.98. The second-order valence-corrected chi connectivity index (χ2v) is 7.31. The average Bonchev–Trinajstić information content (AvgIpc) is 3.11. The van der Waals surface area contributed by atoms with Crippen LogP contribution >= 0.6 is 0 Å². The molecule has 0 atom stereocenters. The molecule has 4 heteroatoms. The normalized spacial score (nSPS) is 11.4. The van der Waals surface area contributed by atoms with Crippen molar-refractivity contribution in [1.82, 2.24) is 15.2 Å². The quantitative estimate of drug-likeness (QED) is 0.514. The van der Waals surface area contributed by atoms with Gasteiger partial charge in [-0.05, 0) is 47.5 Å². The zero-order valence-electron chi connectivity index (χ0n) is 16.1. The van der Waals surface area contributed by atoms with Crippen molar-refractivity contribution in [2.24, 2.45) is 0 Å². The number of likely N-dealkylation sites (N-methyl/N-ethyl adjacent to an activating group) is 1. The first-order chi connectivity index (χ1) is 13.7. The van der Waals surface area contributed by atoms with Gasteiger partial charge in [0.05, 0.1) is 6.54 Å². The van der Waals surface area contributed by atoms with Crippen LogP contribution in [0.4, 0.5) is 0 Å². The molecule has 0 bridgehead atoms. The molecule has 142 valence electrons. The summed E-state index contributed by atoms with van der Waals surface area (Å²) in [4.78, 5) is 17.6. The number of carbonyl (C=O) groups is 1. The predicted molar refractivity (Wildman–Crippen MR) is 115 cm³/mol. The number of carbonyl (C=O) groups excluding carboxylic acids is 1. The van der Waals surface area contributed by atoms with Crippen molar-refractivity contribution < 1.29 is 4.79 Å². The lowest BCUT2D eigenvalue weighted by Gasteiger charge is -2.16. The molecule has 1 heterocycles. The molecule has 4 aromatic rings. The Morgan fingerprint density at radius 1 is 1.00 bits per heavy atom. The number of nitrogens with one attached hydrogen (secondary N) is 2. The molecule has 0 aliphatic rings. The Bertz CT molecular complexity index is 1100. The highest BCUT2D eigenvalue weighted by atomic mass is 16.2. The maximum atomic E-state index is 12.3. The van der Waals surface area contributed by atoms with E-state index in [4.69, 9.17) is 0 Å². The first-order valence-corrected chi connectivity index (χ1v) is 9.67. The molecular weight excluding hydrogens is 346 g/mol. The number of H-pyrrole nitrogens is 1. The second kappa shape index (κ2) is 8.28. The third-order valence-corrected chi connectivity index (χ3v) is 5.07. The minimum absolute atomic E-state index is 0.0585. The van der Waals surface area contributed by atoms with E-state index in [0.717, 1.165) is 18.5 Å². The topological polar surface area (TPSA) is 48.1 Å². The van der Waals surface area contributed by atoms with Crippen LogP contribution < -0.4 is 5.32 Å². The minimum Gasteiger partial charge on any atom is -0.361 e. The van der Waals surface area contributed by atoms with Crippen LogP contribution in [0.2, 0.25) is 0 Å². The van der Waals surface area contributed by atoms with Crippen molar-refractivity contribution in [3.05, 3.63) is 84.1 Å². The van der Waals surface area contributed by atoms with Crippen LogP contribution in [-0.4, -0.2) is 35.9 Å². The van der Waals surface area contributed by atoms with Gasteiger partial charge < -0.3 is 10.3 Å². The van der Waals surface area contributed by atoms with E-state index in [9.17, 15) is 4.79 Å². The third kappa shape index (κ3) is 4.24. The lowest BCUT2D eigenvalue weighted by Crippen LogP contribution is -2.35. The molecule has 0 spiro atoms. The molecule has 0 unspecified atom stereocenters. The zero-order valence-corrected chi connectivity index (χ0v) is 16.1. The summed E-state index contributed by atoms with van der Waals surface area (Å²) in [6.45, 7) is 1.78. The van der Waals surface area contributed by atoms with Crippen molar-refractivity contribution in [3.8, 4) is 0 Å². The number of aromatic amines is 1. The summed E-state index contributed by atoms with van der Waals surface area (Å²) in [6.07, 6.45) is 2.85. The van der Waals surface area contributed by atoms with E-state index in [1.54, 1.807) is 0 Å². The number of hydrogen-bond acceptors (Lipinski definition) is 2. The number of nitrogens with zero attached hydrogens (tertiary/aromatic N) is 1. The van der Waals surface area contributed by atoms with E-state index >= 15 is 0 Å². The summed E-state index contributed by atoms with van der Waals surface area (Å²) < 4.78 is 0. The maximum Gasteiger partial charge on any atom is 0.234 e. The Kier molecular flexibility index (Phi) is 5.40. The molecule has 3 aromatic carbocycles. The first-order valence-electron chi connectivity index (χ1n) is 9.67. The number of para-hydroxylation sites is 1. The average molecular weight is 371 g/mol. The van der Waals surface area contributed by atoms with Crippen LogP contribution in [0, 0.1) is 0 Å². The second-order valence-electron chi connectivity index (χ2n) is 7.31. The van der Waals surface area contributed by atoms with E-state index in [1.165, 1.54) is 27.3 Å². The maximum absolute atomic E-state index is 12.3. The molecule has 0 aliphatic carbocycles. The predicted octanol–water partition coefficient (Wildman–Crippen LogP) is 4.11. The fourth-order valence-electron chi connectivity index (χ4n) is 3.68.